The molecular formula is C35H30N8O15S5. The minimum Gasteiger partial charge on any atom is -0.353 e. The summed E-state index contributed by atoms with van der Waals surface area (Å²) in [5.74, 6) is 0.293. The lowest BCUT2D eigenvalue weighted by molar-refractivity contribution is 0.481. The number of benzene rings is 5. The van der Waals surface area contributed by atoms with Gasteiger partial charge in [0.1, 0.15) is 21.4 Å². The molecule has 6 aromatic rings. The molecule has 0 fully saturated rings. The molecular weight excluding hydrogens is 933 g/mol. The number of anilines is 1. The molecule has 63 heavy (non-hydrogen) atoms. The Morgan fingerprint density at radius 2 is 0.937 bits per heavy atom. The van der Waals surface area contributed by atoms with E-state index in [1.54, 1.807) is 36.4 Å². The third kappa shape index (κ3) is 17.0. The van der Waals surface area contributed by atoms with E-state index in [1.807, 2.05) is 42.5 Å². The lowest BCUT2D eigenvalue weighted by atomic mass is 10.1. The van der Waals surface area contributed by atoms with E-state index in [-0.39, 0.29) is 35.4 Å². The van der Waals surface area contributed by atoms with Crippen LogP contribution in [0, 0.1) is 0 Å². The van der Waals surface area contributed by atoms with Crippen LogP contribution < -0.4 is 5.32 Å². The highest BCUT2D eigenvalue weighted by Crippen LogP contribution is 2.34. The highest BCUT2D eigenvalue weighted by Gasteiger charge is 2.21. The van der Waals surface area contributed by atoms with Crippen LogP contribution in [0.1, 0.15) is 22.8 Å². The van der Waals surface area contributed by atoms with Crippen LogP contribution in [0.4, 0.5) is 28.7 Å². The first-order valence-electron chi connectivity index (χ1n) is 17.1. The maximum atomic E-state index is 12.1. The maximum absolute atomic E-state index is 12.1. The third-order valence-electron chi connectivity index (χ3n) is 7.74. The third-order valence-corrected chi connectivity index (χ3v) is 10.3. The fraction of sp³-hybridized carbons (Fsp3) is 0.114. The molecule has 0 aliphatic rings. The molecule has 0 atom stereocenters. The smallest absolute Gasteiger partial charge is 0.353 e. The van der Waals surface area contributed by atoms with E-state index in [9.17, 15) is 34.4 Å². The molecule has 1 heterocycles. The van der Waals surface area contributed by atoms with Crippen molar-refractivity contribution in [2.45, 2.75) is 22.6 Å². The topological polar surface area (TPSA) is 366 Å². The second-order valence-electron chi connectivity index (χ2n) is 12.3. The van der Waals surface area contributed by atoms with Crippen LogP contribution in [0.25, 0.3) is 10.8 Å². The van der Waals surface area contributed by atoms with Crippen molar-refractivity contribution in [3.63, 3.8) is 0 Å². The number of nitrogens with one attached hydrogen (secondary N) is 1. The van der Waals surface area contributed by atoms with Crippen molar-refractivity contribution < 1.29 is 64.2 Å². The van der Waals surface area contributed by atoms with Crippen LogP contribution in [-0.2, 0) is 64.4 Å². The van der Waals surface area contributed by atoms with E-state index >= 15 is 0 Å². The molecule has 0 amide bonds. The number of nitrogens with zero attached hydrogens (tertiary/aromatic N) is 7. The second kappa shape index (κ2) is 21.9. The Bertz CT molecular complexity index is 3200. The number of azo groups is 2. The van der Waals surface area contributed by atoms with Crippen molar-refractivity contribution in [1.29, 1.82) is 0 Å². The SMILES string of the molecule is O=S(=O)(O)CCNc1nc(Cc2ccc(N=Nc3ccccc3)cc2)nc(Cc2ccc(N=Nc3cc(S(=O)(=O)O)c4cccc(S(=O)(=O)O)c4c3)cc2)n1.O=S(=O)=O.O=S(=O)=O. The average Bonchev–Trinajstić information content (AvgIpc) is 3.18. The zero-order valence-electron chi connectivity index (χ0n) is 31.6. The Morgan fingerprint density at radius 1 is 0.492 bits per heavy atom. The van der Waals surface area contributed by atoms with Crippen molar-refractivity contribution in [2.75, 3.05) is 17.6 Å². The van der Waals surface area contributed by atoms with Crippen LogP contribution in [0.15, 0.2) is 139 Å². The standard InChI is InChI=1S/C35H30N8O9S3.2O3S/c44-53(45,46)18-17-36-35-38-33(19-23-9-13-26(14-10-23)41-40-25-5-2-1-3-6-25)37-34(39-35)20-24-11-15-27(16-12-24)42-43-28-21-30-29(32(22-28)55(50,51)52)7-4-8-31(30)54(47,48)49;2*1-4(2)3/h1-16,21-22H,17-20H2,(H,44,45,46)(H,47,48,49)(H,50,51,52)(H,36,37,38,39);;. The van der Waals surface area contributed by atoms with Crippen LogP contribution in [0.3, 0.4) is 0 Å². The molecule has 5 aromatic carbocycles. The fourth-order valence-electron chi connectivity index (χ4n) is 5.25. The Balaban J connectivity index is 0.00000100. The predicted octanol–water partition coefficient (Wildman–Crippen LogP) is 4.82. The van der Waals surface area contributed by atoms with Crippen molar-refractivity contribution in [3.8, 4) is 0 Å². The first kappa shape index (κ1) is 49.0. The molecule has 0 radical (unpaired) electrons. The zero-order valence-corrected chi connectivity index (χ0v) is 35.7. The molecule has 0 unspecified atom stereocenters. The summed E-state index contributed by atoms with van der Waals surface area (Å²) in [7, 11) is -20.0. The Hall–Kier alpha value is -6.66. The van der Waals surface area contributed by atoms with Gasteiger partial charge in [-0.15, -0.1) is 25.3 Å². The number of rotatable bonds is 14. The summed E-state index contributed by atoms with van der Waals surface area (Å²) in [6.07, 6.45) is 0.525. The van der Waals surface area contributed by atoms with Crippen molar-refractivity contribution in [1.82, 2.24) is 15.0 Å². The monoisotopic (exact) mass is 962 g/mol. The van der Waals surface area contributed by atoms with E-state index in [0.29, 0.717) is 29.4 Å². The highest BCUT2D eigenvalue weighted by molar-refractivity contribution is 7.86. The number of fused-ring (bicyclic) bond motifs is 1. The normalized spacial score (nSPS) is 11.7. The first-order chi connectivity index (χ1) is 29.6. The van der Waals surface area contributed by atoms with Crippen molar-refractivity contribution in [3.05, 3.63) is 132 Å². The van der Waals surface area contributed by atoms with Gasteiger partial charge in [-0.1, -0.05) is 54.6 Å². The van der Waals surface area contributed by atoms with Gasteiger partial charge in [-0.05, 0) is 65.7 Å². The Kier molecular flexibility index (Phi) is 17.0. The second-order valence-corrected chi connectivity index (χ2v) is 17.4. The van der Waals surface area contributed by atoms with Gasteiger partial charge in [-0.25, -0.2) is 4.98 Å². The molecule has 23 nitrogen and oxygen atoms in total. The molecule has 0 bridgehead atoms. The summed E-state index contributed by atoms with van der Waals surface area (Å²) in [4.78, 5) is 12.3. The van der Waals surface area contributed by atoms with E-state index in [0.717, 1.165) is 28.9 Å². The average molecular weight is 963 g/mol. The lowest BCUT2D eigenvalue weighted by Crippen LogP contribution is -2.17. The van der Waals surface area contributed by atoms with Gasteiger partial charge >= 0.3 is 21.2 Å². The Labute approximate surface area is 361 Å². The van der Waals surface area contributed by atoms with Gasteiger partial charge in [0.15, 0.2) is 0 Å². The number of hydrogen-bond acceptors (Lipinski definition) is 20. The number of aromatic nitrogens is 3. The van der Waals surface area contributed by atoms with Crippen molar-refractivity contribution >= 4 is 91.0 Å². The van der Waals surface area contributed by atoms with Crippen molar-refractivity contribution in [2.24, 2.45) is 20.5 Å². The molecule has 330 valence electrons. The summed E-state index contributed by atoms with van der Waals surface area (Å²) < 4.78 is 150. The van der Waals surface area contributed by atoms with Gasteiger partial charge in [0.2, 0.25) is 5.95 Å². The molecule has 28 heteroatoms. The molecule has 0 saturated heterocycles. The fourth-order valence-corrected chi connectivity index (χ4v) is 7.04. The van der Waals surface area contributed by atoms with Gasteiger partial charge in [0.05, 0.1) is 28.5 Å². The summed E-state index contributed by atoms with van der Waals surface area (Å²) in [6.45, 7) is -0.150. The largest absolute Gasteiger partial charge is 0.425 e. The molecule has 0 aliphatic heterocycles. The minimum absolute atomic E-state index is 0.110. The highest BCUT2D eigenvalue weighted by atomic mass is 32.2. The van der Waals surface area contributed by atoms with E-state index in [2.05, 4.69) is 40.7 Å². The van der Waals surface area contributed by atoms with Crippen LogP contribution in [0.5, 0.6) is 0 Å². The maximum Gasteiger partial charge on any atom is 0.425 e. The molecule has 1 aromatic heterocycles. The van der Waals surface area contributed by atoms with Crippen LogP contribution in [-0.4, -0.2) is 91.4 Å². The van der Waals surface area contributed by atoms with Gasteiger partial charge in [-0.3, -0.25) is 13.7 Å². The quantitative estimate of drug-likeness (QED) is 0.0839. The van der Waals surface area contributed by atoms with E-state index in [1.165, 1.54) is 18.2 Å². The molecule has 4 N–H and O–H groups in total. The summed E-state index contributed by atoms with van der Waals surface area (Å²) in [6, 6.07) is 29.1. The molecule has 0 spiro atoms. The minimum atomic E-state index is -4.83. The van der Waals surface area contributed by atoms with Crippen LogP contribution in [0.2, 0.25) is 0 Å². The predicted molar refractivity (Wildman–Crippen MR) is 221 cm³/mol. The Morgan fingerprint density at radius 3 is 1.38 bits per heavy atom. The summed E-state index contributed by atoms with van der Waals surface area (Å²) >= 11 is 0. The number of hydrogen-bond donors (Lipinski definition) is 4. The molecule has 0 aliphatic carbocycles. The summed E-state index contributed by atoms with van der Waals surface area (Å²) in [5, 5.41) is 19.1. The van der Waals surface area contributed by atoms with Gasteiger partial charge in [0, 0.05) is 30.2 Å². The van der Waals surface area contributed by atoms with Gasteiger partial charge in [0.25, 0.3) is 30.4 Å². The van der Waals surface area contributed by atoms with Gasteiger partial charge < -0.3 is 5.32 Å². The first-order valence-corrected chi connectivity index (χ1v) is 23.6. The van der Waals surface area contributed by atoms with Gasteiger partial charge in [-0.2, -0.15) is 55.7 Å². The molecule has 0 saturated carbocycles. The molecule has 6 rings (SSSR count). The van der Waals surface area contributed by atoms with E-state index in [4.69, 9.17) is 29.8 Å². The van der Waals surface area contributed by atoms with Crippen LogP contribution >= 0.6 is 0 Å². The lowest BCUT2D eigenvalue weighted by Gasteiger charge is -2.09. The zero-order chi connectivity index (χ0) is 46.4. The van der Waals surface area contributed by atoms with E-state index < -0.39 is 67.1 Å². The summed E-state index contributed by atoms with van der Waals surface area (Å²) in [5.41, 5.74) is 3.18.